The lowest BCUT2D eigenvalue weighted by Crippen LogP contribution is -2.17. The number of benzene rings is 3. The molecule has 1 atom stereocenters. The Morgan fingerprint density at radius 3 is 2.07 bits per heavy atom. The summed E-state index contributed by atoms with van der Waals surface area (Å²) >= 11 is 7.54. The van der Waals surface area contributed by atoms with Crippen LogP contribution in [0.4, 0.5) is 0 Å². The Morgan fingerprint density at radius 1 is 0.889 bits per heavy atom. The number of aliphatic carboxylic acids is 1. The van der Waals surface area contributed by atoms with Gasteiger partial charge in [-0.2, -0.15) is 0 Å². The highest BCUT2D eigenvalue weighted by atomic mass is 35.5. The monoisotopic (exact) mass is 396 g/mol. The van der Waals surface area contributed by atoms with Crippen molar-refractivity contribution in [3.63, 3.8) is 0 Å². The Labute approximate surface area is 169 Å². The van der Waals surface area contributed by atoms with Crippen LogP contribution in [0.15, 0.2) is 83.8 Å². The van der Waals surface area contributed by atoms with Crippen LogP contribution in [0.3, 0.4) is 0 Å². The normalized spacial score (nSPS) is 11.9. The summed E-state index contributed by atoms with van der Waals surface area (Å²) in [4.78, 5) is 12.7. The maximum absolute atomic E-state index is 11.6. The number of halogens is 1. The number of hydrogen-bond acceptors (Lipinski definition) is 2. The minimum atomic E-state index is -0.726. The van der Waals surface area contributed by atoms with E-state index in [4.69, 9.17) is 11.6 Å². The van der Waals surface area contributed by atoms with Crippen LogP contribution in [0.1, 0.15) is 12.0 Å². The smallest absolute Gasteiger partial charge is 0.307 e. The molecule has 0 heterocycles. The third kappa shape index (κ3) is 5.88. The number of carbonyl (C=O) groups is 1. The predicted molar refractivity (Wildman–Crippen MR) is 114 cm³/mol. The second kappa shape index (κ2) is 9.63. The first kappa shape index (κ1) is 19.5. The molecule has 1 N–H and O–H groups in total. The number of hydrogen-bond donors (Lipinski definition) is 1. The molecule has 0 fully saturated rings. The lowest BCUT2D eigenvalue weighted by atomic mass is 9.98. The number of carboxylic acids is 1. The SMILES string of the molecule is O=C(O)C(CCc1ccc(-c2ccc(Cl)cc2)cc1)CSc1ccccc1. The average molecular weight is 397 g/mol. The fourth-order valence-electron chi connectivity index (χ4n) is 2.84. The van der Waals surface area contributed by atoms with Crippen molar-refractivity contribution in [1.29, 1.82) is 0 Å². The van der Waals surface area contributed by atoms with Gasteiger partial charge in [0.2, 0.25) is 0 Å². The molecule has 0 radical (unpaired) electrons. The van der Waals surface area contributed by atoms with Gasteiger partial charge in [-0.3, -0.25) is 4.79 Å². The van der Waals surface area contributed by atoms with Gasteiger partial charge in [-0.1, -0.05) is 66.2 Å². The van der Waals surface area contributed by atoms with Crippen molar-refractivity contribution < 1.29 is 9.90 Å². The Balaban J connectivity index is 1.57. The first-order chi connectivity index (χ1) is 13.1. The molecule has 0 amide bonds. The molecule has 3 rings (SSSR count). The van der Waals surface area contributed by atoms with E-state index in [1.54, 1.807) is 11.8 Å². The zero-order valence-corrected chi connectivity index (χ0v) is 16.4. The minimum absolute atomic E-state index is 0.355. The molecule has 4 heteroatoms. The Morgan fingerprint density at radius 2 is 1.48 bits per heavy atom. The third-order valence-corrected chi connectivity index (χ3v) is 5.88. The van der Waals surface area contributed by atoms with Gasteiger partial charge in [-0.15, -0.1) is 11.8 Å². The molecule has 27 heavy (non-hydrogen) atoms. The zero-order chi connectivity index (χ0) is 19.1. The lowest BCUT2D eigenvalue weighted by molar-refractivity contribution is -0.141. The largest absolute Gasteiger partial charge is 0.481 e. The van der Waals surface area contributed by atoms with Crippen molar-refractivity contribution in [3.05, 3.63) is 89.4 Å². The van der Waals surface area contributed by atoms with E-state index in [2.05, 4.69) is 24.3 Å². The second-order valence-corrected chi connectivity index (χ2v) is 7.93. The Bertz CT molecular complexity index is 861. The van der Waals surface area contributed by atoms with Crippen molar-refractivity contribution in [3.8, 4) is 11.1 Å². The Hall–Kier alpha value is -2.23. The molecule has 0 aliphatic heterocycles. The van der Waals surface area contributed by atoms with Gasteiger partial charge >= 0.3 is 5.97 Å². The summed E-state index contributed by atoms with van der Waals surface area (Å²) in [7, 11) is 0. The van der Waals surface area contributed by atoms with E-state index in [-0.39, 0.29) is 5.92 Å². The summed E-state index contributed by atoms with van der Waals surface area (Å²) in [5, 5.41) is 10.2. The van der Waals surface area contributed by atoms with Crippen molar-refractivity contribution in [2.24, 2.45) is 5.92 Å². The molecule has 0 aliphatic carbocycles. The van der Waals surface area contributed by atoms with Crippen molar-refractivity contribution >= 4 is 29.3 Å². The molecule has 3 aromatic rings. The van der Waals surface area contributed by atoms with Crippen LogP contribution in [-0.2, 0) is 11.2 Å². The summed E-state index contributed by atoms with van der Waals surface area (Å²) < 4.78 is 0. The van der Waals surface area contributed by atoms with E-state index in [9.17, 15) is 9.90 Å². The van der Waals surface area contributed by atoms with Gasteiger partial charge in [-0.05, 0) is 53.8 Å². The lowest BCUT2D eigenvalue weighted by Gasteiger charge is -2.12. The highest BCUT2D eigenvalue weighted by Gasteiger charge is 2.17. The summed E-state index contributed by atoms with van der Waals surface area (Å²) in [6.45, 7) is 0. The van der Waals surface area contributed by atoms with E-state index in [0.29, 0.717) is 12.2 Å². The molecular weight excluding hydrogens is 376 g/mol. The highest BCUT2D eigenvalue weighted by molar-refractivity contribution is 7.99. The fraction of sp³-hybridized carbons (Fsp3) is 0.174. The van der Waals surface area contributed by atoms with Crippen LogP contribution in [0.2, 0.25) is 5.02 Å². The molecule has 1 unspecified atom stereocenters. The van der Waals surface area contributed by atoms with E-state index >= 15 is 0 Å². The number of rotatable bonds is 8. The first-order valence-corrected chi connectivity index (χ1v) is 10.2. The zero-order valence-electron chi connectivity index (χ0n) is 14.8. The third-order valence-electron chi connectivity index (χ3n) is 4.46. The van der Waals surface area contributed by atoms with Crippen LogP contribution in [0, 0.1) is 5.92 Å². The van der Waals surface area contributed by atoms with Gasteiger partial charge < -0.3 is 5.11 Å². The average Bonchev–Trinajstić information content (AvgIpc) is 2.69. The van der Waals surface area contributed by atoms with Crippen LogP contribution >= 0.6 is 23.4 Å². The van der Waals surface area contributed by atoms with Crippen LogP contribution in [-0.4, -0.2) is 16.8 Å². The van der Waals surface area contributed by atoms with E-state index < -0.39 is 5.97 Å². The van der Waals surface area contributed by atoms with Crippen molar-refractivity contribution in [2.75, 3.05) is 5.75 Å². The topological polar surface area (TPSA) is 37.3 Å². The van der Waals surface area contributed by atoms with E-state index in [1.165, 1.54) is 0 Å². The molecule has 138 valence electrons. The van der Waals surface area contributed by atoms with Crippen molar-refractivity contribution in [2.45, 2.75) is 17.7 Å². The quantitative estimate of drug-likeness (QED) is 0.445. The molecule has 2 nitrogen and oxygen atoms in total. The van der Waals surface area contributed by atoms with Crippen LogP contribution < -0.4 is 0 Å². The summed E-state index contributed by atoms with van der Waals surface area (Å²) in [5.74, 6) is -0.496. The van der Waals surface area contributed by atoms with Gasteiger partial charge in [0.15, 0.2) is 0 Å². The van der Waals surface area contributed by atoms with E-state index in [0.717, 1.165) is 33.0 Å². The molecular formula is C23H21ClO2S. The van der Waals surface area contributed by atoms with Gasteiger partial charge in [0, 0.05) is 15.7 Å². The van der Waals surface area contributed by atoms with Gasteiger partial charge in [0.1, 0.15) is 0 Å². The standard InChI is InChI=1S/C23H21ClO2S/c24-21-14-12-19(13-15-21)18-9-6-17(7-10-18)8-11-20(23(25)26)16-27-22-4-2-1-3-5-22/h1-7,9-10,12-15,20H,8,11,16H2,(H,25,26). The van der Waals surface area contributed by atoms with Gasteiger partial charge in [-0.25, -0.2) is 0 Å². The first-order valence-electron chi connectivity index (χ1n) is 8.87. The molecule has 0 aliphatic rings. The highest BCUT2D eigenvalue weighted by Crippen LogP contribution is 2.25. The molecule has 0 aromatic heterocycles. The van der Waals surface area contributed by atoms with Crippen molar-refractivity contribution in [1.82, 2.24) is 0 Å². The molecule has 0 spiro atoms. The molecule has 0 saturated heterocycles. The molecule has 0 saturated carbocycles. The van der Waals surface area contributed by atoms with E-state index in [1.807, 2.05) is 54.6 Å². The minimum Gasteiger partial charge on any atom is -0.481 e. The number of carboxylic acid groups (broad SMARTS) is 1. The van der Waals surface area contributed by atoms with Gasteiger partial charge in [0.25, 0.3) is 0 Å². The number of thioether (sulfide) groups is 1. The summed E-state index contributed by atoms with van der Waals surface area (Å²) in [6, 6.07) is 26.0. The Kier molecular flexibility index (Phi) is 6.97. The second-order valence-electron chi connectivity index (χ2n) is 6.40. The number of aryl methyl sites for hydroxylation is 1. The fourth-order valence-corrected chi connectivity index (χ4v) is 4.02. The molecule has 3 aromatic carbocycles. The van der Waals surface area contributed by atoms with Crippen LogP contribution in [0.5, 0.6) is 0 Å². The molecule has 0 bridgehead atoms. The summed E-state index contributed by atoms with van der Waals surface area (Å²) in [5.41, 5.74) is 3.40. The maximum atomic E-state index is 11.6. The van der Waals surface area contributed by atoms with Crippen LogP contribution in [0.25, 0.3) is 11.1 Å². The maximum Gasteiger partial charge on any atom is 0.307 e. The predicted octanol–water partition coefficient (Wildman–Crippen LogP) is 6.43. The van der Waals surface area contributed by atoms with Gasteiger partial charge in [0.05, 0.1) is 5.92 Å². The summed E-state index contributed by atoms with van der Waals surface area (Å²) in [6.07, 6.45) is 1.39.